The Morgan fingerprint density at radius 1 is 1.33 bits per heavy atom. The van der Waals surface area contributed by atoms with Gasteiger partial charge in [-0.05, 0) is 61.6 Å². The van der Waals surface area contributed by atoms with Gasteiger partial charge < -0.3 is 5.32 Å². The lowest BCUT2D eigenvalue weighted by Gasteiger charge is -2.33. The van der Waals surface area contributed by atoms with Crippen molar-refractivity contribution in [2.45, 2.75) is 58.9 Å². The molecule has 1 aromatic rings. The fourth-order valence-electron chi connectivity index (χ4n) is 3.10. The van der Waals surface area contributed by atoms with Crippen LogP contribution in [-0.2, 0) is 0 Å². The minimum atomic E-state index is 0.609. The predicted molar refractivity (Wildman–Crippen MR) is 81.2 cm³/mol. The van der Waals surface area contributed by atoms with Gasteiger partial charge in [-0.1, -0.05) is 26.7 Å². The second-order valence-electron chi connectivity index (χ2n) is 5.92. The number of hydrogen-bond donors (Lipinski definition) is 1. The van der Waals surface area contributed by atoms with Crippen LogP contribution in [0.1, 0.15) is 62.4 Å². The van der Waals surface area contributed by atoms with Gasteiger partial charge in [-0.15, -0.1) is 11.3 Å². The number of thiophene rings is 1. The zero-order valence-electron chi connectivity index (χ0n) is 12.0. The summed E-state index contributed by atoms with van der Waals surface area (Å²) in [4.78, 5) is 1.59. The van der Waals surface area contributed by atoms with Crippen LogP contribution < -0.4 is 5.32 Å². The molecule has 0 aliphatic heterocycles. The number of hydrogen-bond acceptors (Lipinski definition) is 2. The van der Waals surface area contributed by atoms with Crippen molar-refractivity contribution in [1.29, 1.82) is 0 Å². The van der Waals surface area contributed by atoms with Crippen molar-refractivity contribution in [2.75, 3.05) is 6.54 Å². The Labute approximate surface area is 116 Å². The van der Waals surface area contributed by atoms with Gasteiger partial charge in [0.2, 0.25) is 0 Å². The summed E-state index contributed by atoms with van der Waals surface area (Å²) in [6.07, 6.45) is 6.86. The van der Waals surface area contributed by atoms with Crippen LogP contribution in [0.5, 0.6) is 0 Å². The van der Waals surface area contributed by atoms with Crippen molar-refractivity contribution in [3.8, 4) is 0 Å². The summed E-state index contributed by atoms with van der Waals surface area (Å²) in [5, 5.41) is 6.05. The average Bonchev–Trinajstić information content (AvgIpc) is 2.78. The van der Waals surface area contributed by atoms with Crippen molar-refractivity contribution in [3.05, 3.63) is 21.9 Å². The molecule has 18 heavy (non-hydrogen) atoms. The van der Waals surface area contributed by atoms with E-state index in [4.69, 9.17) is 0 Å². The fourth-order valence-corrected chi connectivity index (χ4v) is 4.19. The molecule has 1 aliphatic rings. The Morgan fingerprint density at radius 2 is 2.06 bits per heavy atom. The maximum absolute atomic E-state index is 3.81. The smallest absolute Gasteiger partial charge is 0.0446 e. The van der Waals surface area contributed by atoms with Gasteiger partial charge in [0, 0.05) is 10.9 Å². The Bertz CT molecular complexity index is 350. The highest BCUT2D eigenvalue weighted by Crippen LogP contribution is 2.39. The molecule has 1 atom stereocenters. The first kappa shape index (κ1) is 14.1. The quantitative estimate of drug-likeness (QED) is 0.796. The van der Waals surface area contributed by atoms with Gasteiger partial charge in [-0.25, -0.2) is 0 Å². The lowest BCUT2D eigenvalue weighted by atomic mass is 9.78. The van der Waals surface area contributed by atoms with Gasteiger partial charge in [0.15, 0.2) is 0 Å². The minimum Gasteiger partial charge on any atom is -0.309 e. The van der Waals surface area contributed by atoms with E-state index >= 15 is 0 Å². The molecule has 1 saturated carbocycles. The van der Waals surface area contributed by atoms with E-state index in [1.165, 1.54) is 37.7 Å². The zero-order valence-corrected chi connectivity index (χ0v) is 12.9. The van der Waals surface area contributed by atoms with E-state index in [0.29, 0.717) is 6.04 Å². The largest absolute Gasteiger partial charge is 0.309 e. The molecule has 0 spiro atoms. The first-order valence-corrected chi connectivity index (χ1v) is 8.37. The number of rotatable bonds is 5. The summed E-state index contributed by atoms with van der Waals surface area (Å²) >= 11 is 1.94. The number of aryl methyl sites for hydroxylation is 1. The van der Waals surface area contributed by atoms with Crippen LogP contribution in [0.25, 0.3) is 0 Å². The van der Waals surface area contributed by atoms with Crippen LogP contribution >= 0.6 is 11.3 Å². The summed E-state index contributed by atoms with van der Waals surface area (Å²) in [6, 6.07) is 2.88. The molecule has 2 heteroatoms. The van der Waals surface area contributed by atoms with Gasteiger partial charge in [0.05, 0.1) is 0 Å². The normalized spacial score (nSPS) is 26.2. The van der Waals surface area contributed by atoms with E-state index in [0.717, 1.165) is 18.4 Å². The van der Waals surface area contributed by atoms with E-state index < -0.39 is 0 Å². The summed E-state index contributed by atoms with van der Waals surface area (Å²) in [7, 11) is 0. The average molecular weight is 265 g/mol. The summed E-state index contributed by atoms with van der Waals surface area (Å²) in [5.41, 5.74) is 1.48. The van der Waals surface area contributed by atoms with Gasteiger partial charge in [0.1, 0.15) is 0 Å². The Morgan fingerprint density at radius 3 is 2.61 bits per heavy atom. The van der Waals surface area contributed by atoms with E-state index in [-0.39, 0.29) is 0 Å². The van der Waals surface area contributed by atoms with Crippen LogP contribution in [0, 0.1) is 18.8 Å². The van der Waals surface area contributed by atoms with Crippen molar-refractivity contribution >= 4 is 11.3 Å². The van der Waals surface area contributed by atoms with Crippen LogP contribution in [0.2, 0.25) is 0 Å². The molecule has 0 amide bonds. The molecule has 1 unspecified atom stereocenters. The topological polar surface area (TPSA) is 12.0 Å². The molecule has 1 nitrogen and oxygen atoms in total. The minimum absolute atomic E-state index is 0.609. The third kappa shape index (κ3) is 3.36. The second-order valence-corrected chi connectivity index (χ2v) is 6.87. The van der Waals surface area contributed by atoms with E-state index in [9.17, 15) is 0 Å². The molecule has 1 aliphatic carbocycles. The summed E-state index contributed by atoms with van der Waals surface area (Å²) in [5.74, 6) is 1.79. The predicted octanol–water partition coefficient (Wildman–Crippen LogP) is 4.92. The van der Waals surface area contributed by atoms with E-state index in [1.54, 1.807) is 4.88 Å². The fraction of sp³-hybridized carbons (Fsp3) is 0.750. The Balaban J connectivity index is 2.07. The standard InChI is InChI=1S/C16H27NS/c1-4-10-17-15(16-13(3)9-11-18-16)14-7-5-12(2)6-8-14/h9,11-12,14-15,17H,4-8,10H2,1-3H3. The molecular formula is C16H27NS. The van der Waals surface area contributed by atoms with Crippen LogP contribution in [0.3, 0.4) is 0 Å². The maximum Gasteiger partial charge on any atom is 0.0446 e. The van der Waals surface area contributed by atoms with Crippen LogP contribution in [0.15, 0.2) is 11.4 Å². The molecule has 1 fully saturated rings. The molecule has 0 aromatic carbocycles. The molecule has 1 aromatic heterocycles. The third-order valence-corrected chi connectivity index (χ3v) is 5.43. The molecule has 0 saturated heterocycles. The second kappa shape index (κ2) is 6.72. The first-order valence-electron chi connectivity index (χ1n) is 7.49. The third-order valence-electron chi connectivity index (χ3n) is 4.33. The van der Waals surface area contributed by atoms with Crippen molar-refractivity contribution in [2.24, 2.45) is 11.8 Å². The Hall–Kier alpha value is -0.340. The van der Waals surface area contributed by atoms with E-state index in [1.807, 2.05) is 11.3 Å². The SMILES string of the molecule is CCCNC(c1sccc1C)C1CCC(C)CC1. The Kier molecular flexibility index (Phi) is 5.25. The molecule has 2 rings (SSSR count). The lowest BCUT2D eigenvalue weighted by molar-refractivity contribution is 0.233. The molecule has 1 N–H and O–H groups in total. The molecule has 102 valence electrons. The highest BCUT2D eigenvalue weighted by atomic mass is 32.1. The highest BCUT2D eigenvalue weighted by molar-refractivity contribution is 7.10. The monoisotopic (exact) mass is 265 g/mol. The molecular weight excluding hydrogens is 238 g/mol. The van der Waals surface area contributed by atoms with Crippen molar-refractivity contribution in [3.63, 3.8) is 0 Å². The molecule has 0 radical (unpaired) electrons. The van der Waals surface area contributed by atoms with Crippen molar-refractivity contribution in [1.82, 2.24) is 5.32 Å². The van der Waals surface area contributed by atoms with Gasteiger partial charge in [0.25, 0.3) is 0 Å². The summed E-state index contributed by atoms with van der Waals surface area (Å²) < 4.78 is 0. The van der Waals surface area contributed by atoms with Crippen molar-refractivity contribution < 1.29 is 0 Å². The van der Waals surface area contributed by atoms with Crippen LogP contribution in [-0.4, -0.2) is 6.54 Å². The van der Waals surface area contributed by atoms with Gasteiger partial charge in [-0.2, -0.15) is 0 Å². The van der Waals surface area contributed by atoms with E-state index in [2.05, 4.69) is 37.5 Å². The number of nitrogens with one attached hydrogen (secondary N) is 1. The van der Waals surface area contributed by atoms with Gasteiger partial charge >= 0.3 is 0 Å². The maximum atomic E-state index is 3.81. The lowest BCUT2D eigenvalue weighted by Crippen LogP contribution is -2.31. The first-order chi connectivity index (χ1) is 8.72. The van der Waals surface area contributed by atoms with Gasteiger partial charge in [-0.3, -0.25) is 0 Å². The van der Waals surface area contributed by atoms with Crippen LogP contribution in [0.4, 0.5) is 0 Å². The zero-order chi connectivity index (χ0) is 13.0. The molecule has 1 heterocycles. The summed E-state index contributed by atoms with van der Waals surface area (Å²) in [6.45, 7) is 8.07. The highest BCUT2D eigenvalue weighted by Gasteiger charge is 2.28. The molecule has 0 bridgehead atoms.